The molecule has 8 heteroatoms. The Morgan fingerprint density at radius 3 is 2.96 bits per heavy atom. The number of fused-ring (bicyclic) bond motifs is 1. The number of hydrogen-bond acceptors (Lipinski definition) is 7. The number of thiophene rings is 1. The molecule has 0 aliphatic rings. The Kier molecular flexibility index (Phi) is 4.51. The van der Waals surface area contributed by atoms with Crippen molar-refractivity contribution in [2.24, 2.45) is 0 Å². The van der Waals surface area contributed by atoms with Gasteiger partial charge in [0.05, 0.1) is 18.3 Å². The van der Waals surface area contributed by atoms with Crippen molar-refractivity contribution in [1.82, 2.24) is 9.97 Å². The van der Waals surface area contributed by atoms with Crippen LogP contribution in [0.1, 0.15) is 20.8 Å². The fraction of sp³-hybridized carbons (Fsp3) is 0.312. The van der Waals surface area contributed by atoms with Crippen LogP contribution in [0.5, 0.6) is 0 Å². The first-order valence-corrected chi connectivity index (χ1v) is 9.03. The lowest BCUT2D eigenvalue weighted by Gasteiger charge is -2.20. The van der Waals surface area contributed by atoms with Gasteiger partial charge in [-0.3, -0.25) is 9.59 Å². The summed E-state index contributed by atoms with van der Waals surface area (Å²) in [7, 11) is 0. The average Bonchev–Trinajstić information content (AvgIpc) is 3.15. The summed E-state index contributed by atoms with van der Waals surface area (Å²) < 4.78 is 9.58. The van der Waals surface area contributed by atoms with E-state index in [0.29, 0.717) is 27.7 Å². The number of H-pyrrole nitrogens is 1. The molecule has 0 aliphatic heterocycles. The maximum Gasteiger partial charge on any atom is 0.322 e. The normalized spacial score (nSPS) is 11.8. The minimum atomic E-state index is -0.847. The summed E-state index contributed by atoms with van der Waals surface area (Å²) in [6, 6.07) is 3.57. The largest absolute Gasteiger partial charge is 0.465 e. The van der Waals surface area contributed by atoms with E-state index in [1.165, 1.54) is 23.1 Å². The summed E-state index contributed by atoms with van der Waals surface area (Å²) >= 11 is 2.54. The number of hydrogen-bond donors (Lipinski definition) is 1. The quantitative estimate of drug-likeness (QED) is 0.422. The molecular formula is C16H16N2O4S2. The van der Waals surface area contributed by atoms with Crippen molar-refractivity contribution in [2.45, 2.75) is 30.7 Å². The molecule has 24 heavy (non-hydrogen) atoms. The molecule has 0 atom stereocenters. The third-order valence-electron chi connectivity index (χ3n) is 3.33. The van der Waals surface area contributed by atoms with Gasteiger partial charge in [0.1, 0.15) is 15.3 Å². The van der Waals surface area contributed by atoms with Crippen LogP contribution in [0.3, 0.4) is 0 Å². The van der Waals surface area contributed by atoms with Gasteiger partial charge in [0.15, 0.2) is 5.16 Å². The molecular weight excluding hydrogens is 348 g/mol. The number of nitrogens with zero attached hydrogens (tertiary/aromatic N) is 1. The molecule has 3 heterocycles. The standard InChI is InChI=1S/C16H16N2O4S2/c1-4-21-14(20)16(2,3)24-15-17-12(19)11-9(8-23-13(11)18-15)10-6-5-7-22-10/h5-8H,4H2,1-3H3,(H,17,18,19). The smallest absolute Gasteiger partial charge is 0.322 e. The number of carbonyl (C=O) groups excluding carboxylic acids is 1. The van der Waals surface area contributed by atoms with Crippen LogP contribution in [0, 0.1) is 0 Å². The Morgan fingerprint density at radius 2 is 2.29 bits per heavy atom. The van der Waals surface area contributed by atoms with E-state index in [9.17, 15) is 9.59 Å². The number of carbonyl (C=O) groups is 1. The van der Waals surface area contributed by atoms with Gasteiger partial charge in [0.25, 0.3) is 5.56 Å². The van der Waals surface area contributed by atoms with Gasteiger partial charge in [-0.15, -0.1) is 11.3 Å². The first kappa shape index (κ1) is 16.8. The van der Waals surface area contributed by atoms with Gasteiger partial charge >= 0.3 is 5.97 Å². The van der Waals surface area contributed by atoms with Crippen LogP contribution in [-0.4, -0.2) is 27.3 Å². The third-order valence-corrected chi connectivity index (χ3v) is 5.26. The number of ether oxygens (including phenoxy) is 1. The second-order valence-electron chi connectivity index (χ2n) is 5.51. The zero-order valence-corrected chi connectivity index (χ0v) is 15.0. The van der Waals surface area contributed by atoms with Crippen LogP contribution in [0.15, 0.2) is 38.1 Å². The molecule has 0 saturated heterocycles. The highest BCUT2D eigenvalue weighted by atomic mass is 32.2. The number of aromatic nitrogens is 2. The van der Waals surface area contributed by atoms with Crippen LogP contribution in [0.25, 0.3) is 21.5 Å². The van der Waals surface area contributed by atoms with E-state index >= 15 is 0 Å². The van der Waals surface area contributed by atoms with Gasteiger partial charge in [-0.1, -0.05) is 11.8 Å². The molecule has 0 spiro atoms. The van der Waals surface area contributed by atoms with E-state index in [1.54, 1.807) is 39.2 Å². The summed E-state index contributed by atoms with van der Waals surface area (Å²) in [5, 5.41) is 2.73. The predicted molar refractivity (Wildman–Crippen MR) is 94.5 cm³/mol. The highest BCUT2D eigenvalue weighted by Gasteiger charge is 2.32. The Labute approximate surface area is 146 Å². The van der Waals surface area contributed by atoms with E-state index in [-0.39, 0.29) is 11.5 Å². The molecule has 6 nitrogen and oxygen atoms in total. The molecule has 3 rings (SSSR count). The van der Waals surface area contributed by atoms with Crippen molar-refractivity contribution in [2.75, 3.05) is 6.61 Å². The minimum Gasteiger partial charge on any atom is -0.465 e. The lowest BCUT2D eigenvalue weighted by atomic mass is 10.2. The number of rotatable bonds is 5. The maximum absolute atomic E-state index is 12.5. The first-order valence-electron chi connectivity index (χ1n) is 7.34. The molecule has 0 aromatic carbocycles. The van der Waals surface area contributed by atoms with Gasteiger partial charge < -0.3 is 14.1 Å². The maximum atomic E-state index is 12.5. The zero-order chi connectivity index (χ0) is 17.3. The second-order valence-corrected chi connectivity index (χ2v) is 7.98. The number of esters is 1. The van der Waals surface area contributed by atoms with E-state index in [0.717, 1.165) is 5.56 Å². The summed E-state index contributed by atoms with van der Waals surface area (Å²) in [4.78, 5) is 32.3. The number of nitrogens with one attached hydrogen (secondary N) is 1. The van der Waals surface area contributed by atoms with Crippen molar-refractivity contribution in [1.29, 1.82) is 0 Å². The second kappa shape index (κ2) is 6.45. The number of furan rings is 1. The summed E-state index contributed by atoms with van der Waals surface area (Å²) in [6.07, 6.45) is 1.56. The van der Waals surface area contributed by atoms with E-state index < -0.39 is 4.75 Å². The molecule has 0 bridgehead atoms. The van der Waals surface area contributed by atoms with E-state index in [2.05, 4.69) is 9.97 Å². The molecule has 1 N–H and O–H groups in total. The van der Waals surface area contributed by atoms with Crippen LogP contribution >= 0.6 is 23.1 Å². The highest BCUT2D eigenvalue weighted by molar-refractivity contribution is 8.01. The van der Waals surface area contributed by atoms with Crippen LogP contribution in [0.2, 0.25) is 0 Å². The Balaban J connectivity index is 1.98. The monoisotopic (exact) mass is 364 g/mol. The van der Waals surface area contributed by atoms with Gasteiger partial charge in [0, 0.05) is 10.9 Å². The molecule has 0 saturated carbocycles. The van der Waals surface area contributed by atoms with Crippen molar-refractivity contribution in [3.05, 3.63) is 34.1 Å². The van der Waals surface area contributed by atoms with Gasteiger partial charge in [-0.05, 0) is 32.9 Å². The SMILES string of the molecule is CCOC(=O)C(C)(C)Sc1nc2scc(-c3ccco3)c2c(=O)[nH]1. The van der Waals surface area contributed by atoms with Crippen LogP contribution in [0.4, 0.5) is 0 Å². The van der Waals surface area contributed by atoms with Gasteiger partial charge in [-0.2, -0.15) is 0 Å². The zero-order valence-electron chi connectivity index (χ0n) is 13.4. The third kappa shape index (κ3) is 3.11. The van der Waals surface area contributed by atoms with Crippen LogP contribution < -0.4 is 5.56 Å². The molecule has 0 fully saturated rings. The topological polar surface area (TPSA) is 85.2 Å². The van der Waals surface area contributed by atoms with Crippen molar-refractivity contribution in [3.8, 4) is 11.3 Å². The lowest BCUT2D eigenvalue weighted by Crippen LogP contribution is -2.30. The van der Waals surface area contributed by atoms with E-state index in [1.807, 2.05) is 5.38 Å². The average molecular weight is 364 g/mol. The summed E-state index contributed by atoms with van der Waals surface area (Å²) in [6.45, 7) is 5.54. The number of aromatic amines is 1. The van der Waals surface area contributed by atoms with Gasteiger partial charge in [0.2, 0.25) is 0 Å². The predicted octanol–water partition coefficient (Wildman–Crippen LogP) is 3.68. The lowest BCUT2D eigenvalue weighted by molar-refractivity contribution is -0.145. The Morgan fingerprint density at radius 1 is 1.50 bits per heavy atom. The minimum absolute atomic E-state index is 0.255. The van der Waals surface area contributed by atoms with Crippen LogP contribution in [-0.2, 0) is 9.53 Å². The van der Waals surface area contributed by atoms with Crippen molar-refractivity contribution < 1.29 is 13.9 Å². The molecule has 0 aliphatic carbocycles. The molecule has 3 aromatic rings. The van der Waals surface area contributed by atoms with Crippen molar-refractivity contribution in [3.63, 3.8) is 0 Å². The summed E-state index contributed by atoms with van der Waals surface area (Å²) in [5.74, 6) is 0.279. The number of thioether (sulfide) groups is 1. The fourth-order valence-electron chi connectivity index (χ4n) is 2.18. The highest BCUT2D eigenvalue weighted by Crippen LogP contribution is 2.34. The first-order chi connectivity index (χ1) is 11.4. The Bertz CT molecular complexity index is 925. The summed E-state index contributed by atoms with van der Waals surface area (Å²) in [5.41, 5.74) is 0.463. The molecule has 126 valence electrons. The van der Waals surface area contributed by atoms with Crippen molar-refractivity contribution >= 4 is 39.3 Å². The molecule has 0 amide bonds. The molecule has 0 unspecified atom stereocenters. The fourth-order valence-corrected chi connectivity index (χ4v) is 4.07. The molecule has 0 radical (unpaired) electrons. The Hall–Kier alpha value is -2.06. The van der Waals surface area contributed by atoms with Gasteiger partial charge in [-0.25, -0.2) is 4.98 Å². The van der Waals surface area contributed by atoms with E-state index in [4.69, 9.17) is 9.15 Å². The molecule has 3 aromatic heterocycles.